The van der Waals surface area contributed by atoms with Gasteiger partial charge in [-0.25, -0.2) is 4.79 Å². The van der Waals surface area contributed by atoms with Gasteiger partial charge in [-0.15, -0.1) is 0 Å². The maximum Gasteiger partial charge on any atom is 0.336 e. The first kappa shape index (κ1) is 12.6. The third kappa shape index (κ3) is 2.87. The van der Waals surface area contributed by atoms with Crippen LogP contribution in [0.5, 0.6) is 0 Å². The van der Waals surface area contributed by atoms with E-state index in [1.54, 1.807) is 12.1 Å². The maximum absolute atomic E-state index is 11.0. The molecule has 0 aliphatic heterocycles. The van der Waals surface area contributed by atoms with Gasteiger partial charge in [0, 0.05) is 4.47 Å². The Balaban J connectivity index is 2.33. The molecule has 0 saturated heterocycles. The molecular weight excluding hydrogens is 292 g/mol. The van der Waals surface area contributed by atoms with E-state index in [4.69, 9.17) is 5.11 Å². The average molecular weight is 303 g/mol. The largest absolute Gasteiger partial charge is 0.478 e. The van der Waals surface area contributed by atoms with Crippen molar-refractivity contribution < 1.29 is 9.90 Å². The van der Waals surface area contributed by atoms with E-state index in [0.717, 1.165) is 11.1 Å². The van der Waals surface area contributed by atoms with E-state index in [1.807, 2.05) is 48.6 Å². The Hall–Kier alpha value is -1.87. The summed E-state index contributed by atoms with van der Waals surface area (Å²) in [5.74, 6) is -0.933. The summed E-state index contributed by atoms with van der Waals surface area (Å²) in [5.41, 5.74) is 2.19. The summed E-state index contributed by atoms with van der Waals surface area (Å²) in [4.78, 5) is 11.0. The summed E-state index contributed by atoms with van der Waals surface area (Å²) in [6.45, 7) is 0. The van der Waals surface area contributed by atoms with E-state index in [9.17, 15) is 4.79 Å². The van der Waals surface area contributed by atoms with E-state index in [-0.39, 0.29) is 5.56 Å². The van der Waals surface area contributed by atoms with Gasteiger partial charge in [-0.05, 0) is 33.1 Å². The molecule has 0 aliphatic rings. The molecule has 2 aromatic carbocycles. The number of carbonyl (C=O) groups is 1. The zero-order valence-electron chi connectivity index (χ0n) is 9.51. The molecule has 0 spiro atoms. The number of hydrogen-bond acceptors (Lipinski definition) is 1. The van der Waals surface area contributed by atoms with Crippen molar-refractivity contribution in [3.63, 3.8) is 0 Å². The summed E-state index contributed by atoms with van der Waals surface area (Å²) < 4.78 is 0.602. The second kappa shape index (κ2) is 5.65. The smallest absolute Gasteiger partial charge is 0.336 e. The molecule has 0 fully saturated rings. The minimum absolute atomic E-state index is 0.269. The Labute approximate surface area is 114 Å². The van der Waals surface area contributed by atoms with Crippen LogP contribution < -0.4 is 0 Å². The number of rotatable bonds is 3. The van der Waals surface area contributed by atoms with Crippen molar-refractivity contribution in [3.8, 4) is 0 Å². The van der Waals surface area contributed by atoms with Crippen LogP contribution in [0, 0.1) is 0 Å². The van der Waals surface area contributed by atoms with Crippen LogP contribution in [-0.2, 0) is 0 Å². The molecule has 2 rings (SSSR count). The summed E-state index contributed by atoms with van der Waals surface area (Å²) in [7, 11) is 0. The molecule has 0 radical (unpaired) electrons. The molecule has 18 heavy (non-hydrogen) atoms. The fraction of sp³-hybridized carbons (Fsp3) is 0. The molecule has 0 aliphatic carbocycles. The zero-order valence-corrected chi connectivity index (χ0v) is 11.1. The lowest BCUT2D eigenvalue weighted by Gasteiger charge is -2.02. The van der Waals surface area contributed by atoms with Crippen molar-refractivity contribution in [3.05, 3.63) is 69.7 Å². The van der Waals surface area contributed by atoms with Gasteiger partial charge in [0.25, 0.3) is 0 Å². The molecule has 0 saturated carbocycles. The summed E-state index contributed by atoms with van der Waals surface area (Å²) in [6, 6.07) is 15.0. The summed E-state index contributed by atoms with van der Waals surface area (Å²) in [6.07, 6.45) is 3.84. The standard InChI is InChI=1S/C15H11BrO2/c16-14-12(7-4-8-13(14)15(17)18)10-9-11-5-2-1-3-6-11/h1-10H,(H,17,18)/b10-9+. The highest BCUT2D eigenvalue weighted by molar-refractivity contribution is 9.10. The van der Waals surface area contributed by atoms with E-state index in [2.05, 4.69) is 15.9 Å². The Morgan fingerprint density at radius 3 is 2.39 bits per heavy atom. The first-order valence-corrected chi connectivity index (χ1v) is 6.23. The van der Waals surface area contributed by atoms with Crippen LogP contribution >= 0.6 is 15.9 Å². The van der Waals surface area contributed by atoms with Gasteiger partial charge in [-0.1, -0.05) is 54.6 Å². The zero-order chi connectivity index (χ0) is 13.0. The van der Waals surface area contributed by atoms with Crippen molar-refractivity contribution in [2.45, 2.75) is 0 Å². The van der Waals surface area contributed by atoms with Crippen LogP contribution in [0.4, 0.5) is 0 Å². The van der Waals surface area contributed by atoms with Crippen LogP contribution in [-0.4, -0.2) is 11.1 Å². The number of benzene rings is 2. The van der Waals surface area contributed by atoms with Gasteiger partial charge < -0.3 is 5.11 Å². The molecule has 2 aromatic rings. The maximum atomic E-state index is 11.0. The van der Waals surface area contributed by atoms with Gasteiger partial charge >= 0.3 is 5.97 Å². The van der Waals surface area contributed by atoms with Crippen LogP contribution in [0.1, 0.15) is 21.5 Å². The minimum atomic E-state index is -0.933. The average Bonchev–Trinajstić information content (AvgIpc) is 2.38. The predicted molar refractivity (Wildman–Crippen MR) is 76.5 cm³/mol. The second-order valence-corrected chi connectivity index (χ2v) is 4.55. The SMILES string of the molecule is O=C(O)c1cccc(/C=C/c2ccccc2)c1Br. The summed E-state index contributed by atoms with van der Waals surface area (Å²) >= 11 is 3.32. The highest BCUT2D eigenvalue weighted by Crippen LogP contribution is 2.23. The van der Waals surface area contributed by atoms with Gasteiger partial charge in [0.1, 0.15) is 0 Å². The lowest BCUT2D eigenvalue weighted by Crippen LogP contribution is -1.98. The Morgan fingerprint density at radius 2 is 1.72 bits per heavy atom. The van der Waals surface area contributed by atoms with Gasteiger partial charge in [0.05, 0.1) is 5.56 Å². The molecule has 0 heterocycles. The number of carboxylic acids is 1. The van der Waals surface area contributed by atoms with E-state index in [1.165, 1.54) is 0 Å². The van der Waals surface area contributed by atoms with Crippen molar-refractivity contribution in [1.29, 1.82) is 0 Å². The Kier molecular flexibility index (Phi) is 3.95. The van der Waals surface area contributed by atoms with Gasteiger partial charge in [-0.2, -0.15) is 0 Å². The predicted octanol–water partition coefficient (Wildman–Crippen LogP) is 4.32. The minimum Gasteiger partial charge on any atom is -0.478 e. The molecule has 0 atom stereocenters. The molecule has 1 N–H and O–H groups in total. The van der Waals surface area contributed by atoms with E-state index >= 15 is 0 Å². The van der Waals surface area contributed by atoms with Crippen LogP contribution in [0.3, 0.4) is 0 Å². The molecule has 0 unspecified atom stereocenters. The third-order valence-electron chi connectivity index (χ3n) is 2.51. The van der Waals surface area contributed by atoms with E-state index < -0.39 is 5.97 Å². The number of aromatic carboxylic acids is 1. The van der Waals surface area contributed by atoms with Gasteiger partial charge in [0.2, 0.25) is 0 Å². The van der Waals surface area contributed by atoms with Crippen molar-refractivity contribution in [2.75, 3.05) is 0 Å². The number of carboxylic acid groups (broad SMARTS) is 1. The lowest BCUT2D eigenvalue weighted by molar-refractivity contribution is 0.0696. The first-order chi connectivity index (χ1) is 8.68. The van der Waals surface area contributed by atoms with Gasteiger partial charge in [-0.3, -0.25) is 0 Å². The Bertz CT molecular complexity index is 589. The van der Waals surface area contributed by atoms with Crippen molar-refractivity contribution >= 4 is 34.1 Å². The van der Waals surface area contributed by atoms with Crippen molar-refractivity contribution in [2.24, 2.45) is 0 Å². The molecule has 90 valence electrons. The Morgan fingerprint density at radius 1 is 1.00 bits per heavy atom. The highest BCUT2D eigenvalue weighted by Gasteiger charge is 2.09. The first-order valence-electron chi connectivity index (χ1n) is 5.43. The second-order valence-electron chi connectivity index (χ2n) is 3.76. The number of halogens is 1. The third-order valence-corrected chi connectivity index (χ3v) is 3.40. The van der Waals surface area contributed by atoms with Crippen LogP contribution in [0.25, 0.3) is 12.2 Å². The molecular formula is C15H11BrO2. The topological polar surface area (TPSA) is 37.3 Å². The van der Waals surface area contributed by atoms with Gasteiger partial charge in [0.15, 0.2) is 0 Å². The molecule has 0 amide bonds. The molecule has 2 nitrogen and oxygen atoms in total. The number of hydrogen-bond donors (Lipinski definition) is 1. The fourth-order valence-electron chi connectivity index (χ4n) is 1.59. The van der Waals surface area contributed by atoms with E-state index in [0.29, 0.717) is 4.47 Å². The van der Waals surface area contributed by atoms with Crippen LogP contribution in [0.2, 0.25) is 0 Å². The monoisotopic (exact) mass is 302 g/mol. The fourth-order valence-corrected chi connectivity index (χ4v) is 2.16. The highest BCUT2D eigenvalue weighted by atomic mass is 79.9. The van der Waals surface area contributed by atoms with Crippen LogP contribution in [0.15, 0.2) is 53.0 Å². The summed E-state index contributed by atoms with van der Waals surface area (Å²) in [5, 5.41) is 9.02. The quantitative estimate of drug-likeness (QED) is 0.858. The van der Waals surface area contributed by atoms with Crippen molar-refractivity contribution in [1.82, 2.24) is 0 Å². The lowest BCUT2D eigenvalue weighted by atomic mass is 10.1. The molecule has 0 bridgehead atoms. The molecule has 3 heteroatoms. The molecule has 0 aromatic heterocycles. The normalized spacial score (nSPS) is 10.7.